The van der Waals surface area contributed by atoms with Gasteiger partial charge in [-0.1, -0.05) is 43.8 Å². The van der Waals surface area contributed by atoms with Crippen molar-refractivity contribution in [2.75, 3.05) is 6.61 Å². The van der Waals surface area contributed by atoms with Gasteiger partial charge >= 0.3 is 0 Å². The van der Waals surface area contributed by atoms with E-state index in [1.807, 2.05) is 31.2 Å². The van der Waals surface area contributed by atoms with Crippen LogP contribution >= 0.6 is 12.2 Å². The fourth-order valence-corrected chi connectivity index (χ4v) is 2.64. The second-order valence-electron chi connectivity index (χ2n) is 4.98. The Morgan fingerprint density at radius 3 is 3.00 bits per heavy atom. The van der Waals surface area contributed by atoms with E-state index in [2.05, 4.69) is 5.32 Å². The van der Waals surface area contributed by atoms with E-state index in [0.717, 1.165) is 24.2 Å². The minimum Gasteiger partial charge on any atom is -0.493 e. The molecule has 0 bridgehead atoms. The fraction of sp³-hybridized carbons (Fsp3) is 0.467. The van der Waals surface area contributed by atoms with Crippen LogP contribution in [0.1, 0.15) is 37.7 Å². The molecule has 0 aliphatic carbocycles. The van der Waals surface area contributed by atoms with Crippen molar-refractivity contribution >= 4 is 23.1 Å². The molecule has 5 heteroatoms. The summed E-state index contributed by atoms with van der Waals surface area (Å²) in [4.78, 5) is 12.8. The minimum atomic E-state index is -0.225. The number of ether oxygens (including phenoxy) is 1. The molecule has 4 nitrogen and oxygen atoms in total. The molecule has 2 unspecified atom stereocenters. The summed E-state index contributed by atoms with van der Waals surface area (Å²) in [6.07, 6.45) is 2.37. The first-order valence-electron chi connectivity index (χ1n) is 6.95. The first-order valence-corrected chi connectivity index (χ1v) is 7.35. The third kappa shape index (κ3) is 3.28. The van der Waals surface area contributed by atoms with E-state index >= 15 is 0 Å². The molecule has 1 aromatic rings. The normalized spacial score (nSPS) is 18.6. The van der Waals surface area contributed by atoms with Crippen LogP contribution in [-0.4, -0.2) is 23.5 Å². The van der Waals surface area contributed by atoms with Crippen molar-refractivity contribution in [1.82, 2.24) is 5.32 Å². The number of fused-ring (bicyclic) bond motifs is 1. The molecule has 108 valence electrons. The Morgan fingerprint density at radius 2 is 2.30 bits per heavy atom. The highest BCUT2D eigenvalue weighted by Gasteiger charge is 2.29. The van der Waals surface area contributed by atoms with Crippen molar-refractivity contribution in [2.24, 2.45) is 5.73 Å². The molecule has 2 rings (SSSR count). The van der Waals surface area contributed by atoms with Crippen LogP contribution in [0.25, 0.3) is 0 Å². The molecule has 0 fully saturated rings. The lowest BCUT2D eigenvalue weighted by Gasteiger charge is -2.27. The number of nitrogens with one attached hydrogen (secondary N) is 1. The lowest BCUT2D eigenvalue weighted by atomic mass is 9.92. The van der Waals surface area contributed by atoms with Crippen molar-refractivity contribution in [2.45, 2.75) is 38.1 Å². The predicted octanol–water partition coefficient (Wildman–Crippen LogP) is 2.12. The van der Waals surface area contributed by atoms with E-state index in [0.29, 0.717) is 18.0 Å². The molecule has 0 aromatic heterocycles. The highest BCUT2D eigenvalue weighted by molar-refractivity contribution is 7.80. The molecule has 1 aliphatic heterocycles. The second kappa shape index (κ2) is 6.70. The maximum Gasteiger partial charge on any atom is 0.228 e. The molecule has 0 saturated heterocycles. The molecule has 0 saturated carbocycles. The van der Waals surface area contributed by atoms with Crippen LogP contribution < -0.4 is 15.8 Å². The first-order chi connectivity index (χ1) is 9.63. The molecule has 1 heterocycles. The zero-order valence-corrected chi connectivity index (χ0v) is 12.4. The Morgan fingerprint density at radius 1 is 1.55 bits per heavy atom. The summed E-state index contributed by atoms with van der Waals surface area (Å²) in [6.45, 7) is 2.60. The van der Waals surface area contributed by atoms with E-state index in [-0.39, 0.29) is 17.9 Å². The molecule has 1 amide bonds. The summed E-state index contributed by atoms with van der Waals surface area (Å²) in [7, 11) is 0. The smallest absolute Gasteiger partial charge is 0.228 e. The average molecular weight is 292 g/mol. The van der Waals surface area contributed by atoms with Gasteiger partial charge in [0.2, 0.25) is 5.91 Å². The lowest BCUT2D eigenvalue weighted by Crippen LogP contribution is -2.45. The summed E-state index contributed by atoms with van der Waals surface area (Å²) < 4.78 is 5.57. The van der Waals surface area contributed by atoms with Gasteiger partial charge in [0.25, 0.3) is 0 Å². The summed E-state index contributed by atoms with van der Waals surface area (Å²) in [6, 6.07) is 7.44. The Kier molecular flexibility index (Phi) is 4.95. The SMILES string of the molecule is CCCC(NC(=O)C1CCOc2ccccc21)C(N)=S. The predicted molar refractivity (Wildman–Crippen MR) is 82.9 cm³/mol. The Balaban J connectivity index is 2.12. The van der Waals surface area contributed by atoms with Gasteiger partial charge in [0.15, 0.2) is 0 Å². The quantitative estimate of drug-likeness (QED) is 0.816. The van der Waals surface area contributed by atoms with Crippen LogP contribution in [0, 0.1) is 0 Å². The Labute approximate surface area is 124 Å². The van der Waals surface area contributed by atoms with Crippen LogP contribution in [-0.2, 0) is 4.79 Å². The van der Waals surface area contributed by atoms with E-state index in [9.17, 15) is 4.79 Å². The van der Waals surface area contributed by atoms with Gasteiger partial charge in [0.1, 0.15) is 5.75 Å². The van der Waals surface area contributed by atoms with Crippen LogP contribution in [0.5, 0.6) is 5.75 Å². The van der Waals surface area contributed by atoms with Gasteiger partial charge in [-0.2, -0.15) is 0 Å². The summed E-state index contributed by atoms with van der Waals surface area (Å²) >= 11 is 5.02. The number of carbonyl (C=O) groups is 1. The third-order valence-corrected chi connectivity index (χ3v) is 3.80. The number of para-hydroxylation sites is 1. The molecular weight excluding hydrogens is 272 g/mol. The zero-order valence-electron chi connectivity index (χ0n) is 11.6. The molecule has 2 atom stereocenters. The van der Waals surface area contributed by atoms with Gasteiger partial charge in [0, 0.05) is 5.56 Å². The van der Waals surface area contributed by atoms with Crippen molar-refractivity contribution in [3.8, 4) is 5.75 Å². The first kappa shape index (κ1) is 14.8. The van der Waals surface area contributed by atoms with E-state index in [4.69, 9.17) is 22.7 Å². The number of benzene rings is 1. The maximum absolute atomic E-state index is 12.5. The molecule has 20 heavy (non-hydrogen) atoms. The molecular formula is C15H20N2O2S. The van der Waals surface area contributed by atoms with Gasteiger partial charge in [-0.15, -0.1) is 0 Å². The zero-order chi connectivity index (χ0) is 14.5. The Hall–Kier alpha value is -1.62. The largest absolute Gasteiger partial charge is 0.493 e. The van der Waals surface area contributed by atoms with Crippen molar-refractivity contribution < 1.29 is 9.53 Å². The Bertz CT molecular complexity index is 504. The summed E-state index contributed by atoms with van der Waals surface area (Å²) in [5, 5.41) is 2.97. The monoisotopic (exact) mass is 292 g/mol. The highest BCUT2D eigenvalue weighted by atomic mass is 32.1. The second-order valence-corrected chi connectivity index (χ2v) is 5.45. The van der Waals surface area contributed by atoms with E-state index < -0.39 is 0 Å². The third-order valence-electron chi connectivity index (χ3n) is 3.51. The van der Waals surface area contributed by atoms with Gasteiger partial charge in [-0.25, -0.2) is 0 Å². The number of hydrogen-bond acceptors (Lipinski definition) is 3. The number of nitrogens with two attached hydrogens (primary N) is 1. The fourth-order valence-electron chi connectivity index (χ4n) is 2.46. The highest BCUT2D eigenvalue weighted by Crippen LogP contribution is 2.33. The van der Waals surface area contributed by atoms with Crippen LogP contribution in [0.3, 0.4) is 0 Å². The standard InChI is InChI=1S/C15H20N2O2S/c1-2-5-12(14(16)20)17-15(18)11-8-9-19-13-7-4-3-6-10(11)13/h3-4,6-7,11-12H,2,5,8-9H2,1H3,(H2,16,20)(H,17,18). The van der Waals surface area contributed by atoms with Gasteiger partial charge < -0.3 is 15.8 Å². The molecule has 1 aliphatic rings. The maximum atomic E-state index is 12.5. The summed E-state index contributed by atoms with van der Waals surface area (Å²) in [5.74, 6) is 0.585. The molecule has 1 aromatic carbocycles. The van der Waals surface area contributed by atoms with Crippen molar-refractivity contribution in [1.29, 1.82) is 0 Å². The van der Waals surface area contributed by atoms with Crippen molar-refractivity contribution in [3.05, 3.63) is 29.8 Å². The van der Waals surface area contributed by atoms with Gasteiger partial charge in [-0.3, -0.25) is 4.79 Å². The van der Waals surface area contributed by atoms with Crippen LogP contribution in [0.4, 0.5) is 0 Å². The number of rotatable bonds is 5. The minimum absolute atomic E-state index is 0.0213. The molecule has 3 N–H and O–H groups in total. The number of carbonyl (C=O) groups excluding carboxylic acids is 1. The van der Waals surface area contributed by atoms with E-state index in [1.54, 1.807) is 0 Å². The van der Waals surface area contributed by atoms with Crippen LogP contribution in [0.2, 0.25) is 0 Å². The topological polar surface area (TPSA) is 64.3 Å². The molecule has 0 spiro atoms. The number of hydrogen-bond donors (Lipinski definition) is 2. The van der Waals surface area contributed by atoms with E-state index in [1.165, 1.54) is 0 Å². The van der Waals surface area contributed by atoms with Gasteiger partial charge in [-0.05, 0) is 18.9 Å². The molecule has 0 radical (unpaired) electrons. The lowest BCUT2D eigenvalue weighted by molar-refractivity contribution is -0.123. The van der Waals surface area contributed by atoms with Crippen LogP contribution in [0.15, 0.2) is 24.3 Å². The average Bonchev–Trinajstić information content (AvgIpc) is 2.46. The van der Waals surface area contributed by atoms with Gasteiger partial charge in [0.05, 0.1) is 23.6 Å². The summed E-state index contributed by atoms with van der Waals surface area (Å²) in [5.41, 5.74) is 6.63. The number of thiocarbonyl (C=S) groups is 1. The van der Waals surface area contributed by atoms with Crippen molar-refractivity contribution in [3.63, 3.8) is 0 Å². The number of amides is 1.